The standard InChI is InChI=1S/C11H12N6S/c1-6-4-18-5-7(6)2-13-9-8-3-14-17-10(8)16-11(12)15-9/h3-5H,2H2,1H3,(H4,12,13,14,15,16,17). The van der Waals surface area contributed by atoms with Gasteiger partial charge in [0.15, 0.2) is 5.65 Å². The Morgan fingerprint density at radius 2 is 2.28 bits per heavy atom. The fourth-order valence-corrected chi connectivity index (χ4v) is 2.59. The number of nitrogen functional groups attached to an aromatic ring is 1. The van der Waals surface area contributed by atoms with E-state index in [4.69, 9.17) is 5.73 Å². The van der Waals surface area contributed by atoms with Crippen LogP contribution in [0.3, 0.4) is 0 Å². The van der Waals surface area contributed by atoms with E-state index in [0.29, 0.717) is 18.0 Å². The van der Waals surface area contributed by atoms with E-state index in [1.165, 1.54) is 11.1 Å². The predicted molar refractivity (Wildman–Crippen MR) is 72.5 cm³/mol. The number of hydrogen-bond donors (Lipinski definition) is 3. The van der Waals surface area contributed by atoms with E-state index in [-0.39, 0.29) is 5.95 Å². The van der Waals surface area contributed by atoms with Crippen molar-refractivity contribution in [1.29, 1.82) is 0 Å². The van der Waals surface area contributed by atoms with E-state index >= 15 is 0 Å². The molecule has 92 valence electrons. The summed E-state index contributed by atoms with van der Waals surface area (Å²) in [5.41, 5.74) is 8.83. The van der Waals surface area contributed by atoms with Gasteiger partial charge in [-0.3, -0.25) is 5.10 Å². The number of aryl methyl sites for hydroxylation is 1. The van der Waals surface area contributed by atoms with E-state index in [9.17, 15) is 0 Å². The van der Waals surface area contributed by atoms with Gasteiger partial charge in [-0.15, -0.1) is 0 Å². The largest absolute Gasteiger partial charge is 0.368 e. The molecule has 7 heteroatoms. The zero-order valence-electron chi connectivity index (χ0n) is 9.77. The second-order valence-corrected chi connectivity index (χ2v) is 4.74. The van der Waals surface area contributed by atoms with Crippen molar-refractivity contribution < 1.29 is 0 Å². The zero-order valence-corrected chi connectivity index (χ0v) is 10.6. The number of aromatic nitrogens is 4. The van der Waals surface area contributed by atoms with Crippen molar-refractivity contribution in [3.63, 3.8) is 0 Å². The molecule has 0 aliphatic rings. The molecule has 3 aromatic rings. The molecule has 6 nitrogen and oxygen atoms in total. The Kier molecular flexibility index (Phi) is 2.60. The number of nitrogens with one attached hydrogen (secondary N) is 2. The van der Waals surface area contributed by atoms with Crippen LogP contribution in [0, 0.1) is 6.92 Å². The van der Waals surface area contributed by atoms with Crippen LogP contribution in [0.5, 0.6) is 0 Å². The van der Waals surface area contributed by atoms with Crippen molar-refractivity contribution in [1.82, 2.24) is 20.2 Å². The molecule has 0 saturated carbocycles. The summed E-state index contributed by atoms with van der Waals surface area (Å²) in [6, 6.07) is 0. The maximum absolute atomic E-state index is 5.65. The zero-order chi connectivity index (χ0) is 12.5. The van der Waals surface area contributed by atoms with E-state index in [0.717, 1.165) is 5.39 Å². The average molecular weight is 260 g/mol. The molecule has 0 fully saturated rings. The maximum Gasteiger partial charge on any atom is 0.224 e. The number of fused-ring (bicyclic) bond motifs is 1. The molecular formula is C11H12N6S. The smallest absolute Gasteiger partial charge is 0.224 e. The number of aromatic amines is 1. The van der Waals surface area contributed by atoms with Gasteiger partial charge in [-0.05, 0) is 28.8 Å². The summed E-state index contributed by atoms with van der Waals surface area (Å²) in [6.07, 6.45) is 1.69. The third kappa shape index (κ3) is 1.88. The van der Waals surface area contributed by atoms with E-state index in [1.54, 1.807) is 17.5 Å². The molecule has 0 bridgehead atoms. The van der Waals surface area contributed by atoms with Crippen molar-refractivity contribution in [3.8, 4) is 0 Å². The molecule has 0 radical (unpaired) electrons. The van der Waals surface area contributed by atoms with Crippen LogP contribution in [0.25, 0.3) is 11.0 Å². The number of rotatable bonds is 3. The highest BCUT2D eigenvalue weighted by molar-refractivity contribution is 7.08. The molecule has 0 unspecified atom stereocenters. The van der Waals surface area contributed by atoms with Crippen LogP contribution in [-0.4, -0.2) is 20.2 Å². The lowest BCUT2D eigenvalue weighted by atomic mass is 10.2. The summed E-state index contributed by atoms with van der Waals surface area (Å²) in [4.78, 5) is 8.27. The molecule has 0 aliphatic carbocycles. The van der Waals surface area contributed by atoms with Gasteiger partial charge in [0.25, 0.3) is 0 Å². The molecule has 3 heterocycles. The molecule has 0 spiro atoms. The van der Waals surface area contributed by atoms with Crippen LogP contribution in [0.1, 0.15) is 11.1 Å². The third-order valence-corrected chi connectivity index (χ3v) is 3.65. The summed E-state index contributed by atoms with van der Waals surface area (Å²) in [5.74, 6) is 0.938. The highest BCUT2D eigenvalue weighted by atomic mass is 32.1. The minimum atomic E-state index is 0.233. The van der Waals surface area contributed by atoms with Gasteiger partial charge in [-0.25, -0.2) is 0 Å². The Hall–Kier alpha value is -2.15. The highest BCUT2D eigenvalue weighted by Crippen LogP contribution is 2.21. The molecule has 0 aliphatic heterocycles. The normalized spacial score (nSPS) is 10.9. The predicted octanol–water partition coefficient (Wildman–Crippen LogP) is 1.92. The summed E-state index contributed by atoms with van der Waals surface area (Å²) < 4.78 is 0. The van der Waals surface area contributed by atoms with Gasteiger partial charge in [0.05, 0.1) is 11.6 Å². The summed E-state index contributed by atoms with van der Waals surface area (Å²) in [5, 5.41) is 15.1. The monoisotopic (exact) mass is 260 g/mol. The summed E-state index contributed by atoms with van der Waals surface area (Å²) in [6.45, 7) is 2.81. The van der Waals surface area contributed by atoms with Crippen LogP contribution in [0.4, 0.5) is 11.8 Å². The minimum absolute atomic E-state index is 0.233. The fourth-order valence-electron chi connectivity index (χ4n) is 1.73. The molecule has 3 aromatic heterocycles. The summed E-state index contributed by atoms with van der Waals surface area (Å²) >= 11 is 1.69. The average Bonchev–Trinajstić information content (AvgIpc) is 2.94. The van der Waals surface area contributed by atoms with Crippen molar-refractivity contribution in [2.75, 3.05) is 11.1 Å². The Morgan fingerprint density at radius 3 is 3.06 bits per heavy atom. The number of anilines is 2. The topological polar surface area (TPSA) is 92.5 Å². The first kappa shape index (κ1) is 11.0. The quantitative estimate of drug-likeness (QED) is 0.669. The van der Waals surface area contributed by atoms with Crippen LogP contribution in [0.15, 0.2) is 17.0 Å². The van der Waals surface area contributed by atoms with Crippen LogP contribution >= 0.6 is 11.3 Å². The Labute approximate surface area is 107 Å². The molecular weight excluding hydrogens is 248 g/mol. The SMILES string of the molecule is Cc1cscc1CNc1nc(N)nc2[nH]ncc12. The van der Waals surface area contributed by atoms with Gasteiger partial charge < -0.3 is 11.1 Å². The summed E-state index contributed by atoms with van der Waals surface area (Å²) in [7, 11) is 0. The molecule has 0 atom stereocenters. The maximum atomic E-state index is 5.65. The number of thiophene rings is 1. The van der Waals surface area contributed by atoms with Gasteiger partial charge in [0.2, 0.25) is 5.95 Å². The minimum Gasteiger partial charge on any atom is -0.368 e. The van der Waals surface area contributed by atoms with E-state index < -0.39 is 0 Å². The second-order valence-electron chi connectivity index (χ2n) is 4.00. The highest BCUT2D eigenvalue weighted by Gasteiger charge is 2.08. The van der Waals surface area contributed by atoms with Crippen molar-refractivity contribution in [2.45, 2.75) is 13.5 Å². The first-order valence-electron chi connectivity index (χ1n) is 5.46. The molecule has 0 aromatic carbocycles. The van der Waals surface area contributed by atoms with E-state index in [1.807, 2.05) is 0 Å². The molecule has 0 saturated heterocycles. The Bertz CT molecular complexity index is 686. The van der Waals surface area contributed by atoms with Crippen LogP contribution in [-0.2, 0) is 6.54 Å². The lowest BCUT2D eigenvalue weighted by Crippen LogP contribution is -2.05. The van der Waals surface area contributed by atoms with Gasteiger partial charge in [-0.1, -0.05) is 0 Å². The number of H-pyrrole nitrogens is 1. The molecule has 18 heavy (non-hydrogen) atoms. The lowest BCUT2D eigenvalue weighted by Gasteiger charge is -2.06. The van der Waals surface area contributed by atoms with Crippen LogP contribution < -0.4 is 11.1 Å². The number of hydrogen-bond acceptors (Lipinski definition) is 6. The van der Waals surface area contributed by atoms with E-state index in [2.05, 4.69) is 43.2 Å². The number of nitrogens with two attached hydrogens (primary N) is 1. The van der Waals surface area contributed by atoms with Gasteiger partial charge >= 0.3 is 0 Å². The third-order valence-electron chi connectivity index (χ3n) is 2.73. The van der Waals surface area contributed by atoms with Gasteiger partial charge in [0, 0.05) is 6.54 Å². The van der Waals surface area contributed by atoms with Crippen molar-refractivity contribution in [3.05, 3.63) is 28.1 Å². The van der Waals surface area contributed by atoms with Gasteiger partial charge in [0.1, 0.15) is 5.82 Å². The first-order chi connectivity index (χ1) is 8.74. The van der Waals surface area contributed by atoms with Crippen molar-refractivity contribution in [2.24, 2.45) is 0 Å². The molecule has 3 rings (SSSR count). The lowest BCUT2D eigenvalue weighted by molar-refractivity contribution is 1.08. The second kappa shape index (κ2) is 4.26. The fraction of sp³-hybridized carbons (Fsp3) is 0.182. The van der Waals surface area contributed by atoms with Gasteiger partial charge in [-0.2, -0.15) is 26.4 Å². The Balaban J connectivity index is 1.90. The molecule has 0 amide bonds. The Morgan fingerprint density at radius 1 is 1.39 bits per heavy atom. The van der Waals surface area contributed by atoms with Crippen LogP contribution in [0.2, 0.25) is 0 Å². The molecule has 4 N–H and O–H groups in total. The van der Waals surface area contributed by atoms with Crippen molar-refractivity contribution >= 4 is 34.1 Å². The number of nitrogens with zero attached hydrogens (tertiary/aromatic N) is 3. The first-order valence-corrected chi connectivity index (χ1v) is 6.40.